The molecule has 26 heavy (non-hydrogen) atoms. The van der Waals surface area contributed by atoms with E-state index in [4.69, 9.17) is 11.6 Å². The second kappa shape index (κ2) is 10.4. The first kappa shape index (κ1) is 20.6. The van der Waals surface area contributed by atoms with Crippen molar-refractivity contribution in [2.75, 3.05) is 14.1 Å². The molecule has 0 bridgehead atoms. The number of aliphatic imine (C=N–C) groups is 2. The van der Waals surface area contributed by atoms with Crippen LogP contribution < -0.4 is 0 Å². The van der Waals surface area contributed by atoms with Crippen LogP contribution in [0.15, 0.2) is 68.4 Å². The summed E-state index contributed by atoms with van der Waals surface area (Å²) in [6, 6.07) is 15.0. The Bertz CT molecular complexity index is 820. The normalized spacial score (nSPS) is 12.6. The van der Waals surface area contributed by atoms with Crippen LogP contribution in [-0.4, -0.2) is 35.6 Å². The maximum atomic E-state index is 10.2. The van der Waals surface area contributed by atoms with Crippen LogP contribution in [0.25, 0.3) is 5.76 Å². The summed E-state index contributed by atoms with van der Waals surface area (Å²) in [5.41, 5.74) is 1.73. The van der Waals surface area contributed by atoms with E-state index in [-0.39, 0.29) is 5.76 Å². The van der Waals surface area contributed by atoms with Crippen molar-refractivity contribution in [3.05, 3.63) is 74.6 Å². The van der Waals surface area contributed by atoms with Crippen LogP contribution in [0.4, 0.5) is 0 Å². The fourth-order valence-electron chi connectivity index (χ4n) is 1.86. The molecule has 0 amide bonds. The van der Waals surface area contributed by atoms with Gasteiger partial charge in [0.1, 0.15) is 5.76 Å². The molecule has 0 radical (unpaired) electrons. The van der Waals surface area contributed by atoms with Gasteiger partial charge in [-0.1, -0.05) is 63.6 Å². The number of aliphatic hydroxyl groups is 1. The first-order valence-corrected chi connectivity index (χ1v) is 9.80. The highest BCUT2D eigenvalue weighted by Gasteiger charge is 2.02. The van der Waals surface area contributed by atoms with Crippen LogP contribution in [0, 0.1) is 0 Å². The van der Waals surface area contributed by atoms with E-state index in [0.717, 1.165) is 15.6 Å². The van der Waals surface area contributed by atoms with Gasteiger partial charge in [-0.25, -0.2) is 4.99 Å². The molecule has 2 rings (SSSR count). The van der Waals surface area contributed by atoms with Gasteiger partial charge in [0.25, 0.3) is 0 Å². The molecule has 0 aliphatic heterocycles. The van der Waals surface area contributed by atoms with Gasteiger partial charge in [0, 0.05) is 34.6 Å². The molecule has 0 heterocycles. The zero-order valence-electron chi connectivity index (χ0n) is 14.4. The predicted molar refractivity (Wildman–Crippen MR) is 117 cm³/mol. The number of hydrogen-bond acceptors (Lipinski definition) is 3. The van der Waals surface area contributed by atoms with Gasteiger partial charge in [-0.3, -0.25) is 4.99 Å². The molecule has 0 atom stereocenters. The fraction of sp³-hybridized carbons (Fsp3) is 0.158. The van der Waals surface area contributed by atoms with E-state index in [9.17, 15) is 5.11 Å². The van der Waals surface area contributed by atoms with Gasteiger partial charge in [0.05, 0.1) is 12.9 Å². The molecule has 136 valence electrons. The van der Waals surface area contributed by atoms with E-state index >= 15 is 0 Å². The summed E-state index contributed by atoms with van der Waals surface area (Å²) in [5.74, 6) is 0.165. The highest BCUT2D eigenvalue weighted by Crippen LogP contribution is 2.20. The lowest BCUT2D eigenvalue weighted by Crippen LogP contribution is -2.08. The Hall–Kier alpha value is -1.76. The Morgan fingerprint density at radius 2 is 1.96 bits per heavy atom. The maximum absolute atomic E-state index is 10.2. The summed E-state index contributed by atoms with van der Waals surface area (Å²) in [7, 11) is 3.77. The van der Waals surface area contributed by atoms with E-state index in [2.05, 4.69) is 25.9 Å². The standard InChI is InChI=1S/C19H19BrClN3OS/c1-24(2)13-23-19(22-11-14-4-3-5-17(21)10-14)26-12-18(25)15-6-8-16(20)9-7-15/h3-10,12-13,25H,11H2,1-2H3/b18-12-,22-19?,23-13+. The molecule has 0 aliphatic rings. The molecular formula is C19H19BrClN3OS. The minimum absolute atomic E-state index is 0.165. The second-order valence-electron chi connectivity index (χ2n) is 5.56. The van der Waals surface area contributed by atoms with Crippen LogP contribution in [0.5, 0.6) is 0 Å². The lowest BCUT2D eigenvalue weighted by atomic mass is 10.2. The monoisotopic (exact) mass is 451 g/mol. The molecule has 0 aliphatic carbocycles. The molecule has 7 heteroatoms. The highest BCUT2D eigenvalue weighted by molar-refractivity contribution is 9.10. The van der Waals surface area contributed by atoms with Gasteiger partial charge in [-0.15, -0.1) is 0 Å². The minimum atomic E-state index is 0.165. The average molecular weight is 453 g/mol. The Labute approximate surface area is 171 Å². The second-order valence-corrected chi connectivity index (χ2v) is 7.75. The van der Waals surface area contributed by atoms with Crippen molar-refractivity contribution in [2.24, 2.45) is 9.98 Å². The number of rotatable bonds is 5. The van der Waals surface area contributed by atoms with Gasteiger partial charge in [0.2, 0.25) is 0 Å². The van der Waals surface area contributed by atoms with Crippen LogP contribution >= 0.6 is 39.3 Å². The van der Waals surface area contributed by atoms with Crippen molar-refractivity contribution in [1.29, 1.82) is 0 Å². The largest absolute Gasteiger partial charge is 0.507 e. The molecule has 0 spiro atoms. The van der Waals surface area contributed by atoms with Gasteiger partial charge >= 0.3 is 0 Å². The molecule has 0 saturated carbocycles. The molecule has 2 aromatic carbocycles. The van der Waals surface area contributed by atoms with E-state index in [1.54, 1.807) is 11.7 Å². The molecule has 2 aromatic rings. The molecule has 0 fully saturated rings. The molecule has 0 aromatic heterocycles. The van der Waals surface area contributed by atoms with Crippen LogP contribution in [0.3, 0.4) is 0 Å². The molecule has 1 N–H and O–H groups in total. The van der Waals surface area contributed by atoms with E-state index in [0.29, 0.717) is 16.7 Å². The van der Waals surface area contributed by atoms with E-state index in [1.165, 1.54) is 11.8 Å². The first-order chi connectivity index (χ1) is 12.4. The fourth-order valence-corrected chi connectivity index (χ4v) is 2.94. The highest BCUT2D eigenvalue weighted by atomic mass is 79.9. The van der Waals surface area contributed by atoms with E-state index < -0.39 is 0 Å². The van der Waals surface area contributed by atoms with Crippen molar-refractivity contribution in [2.45, 2.75) is 6.54 Å². The summed E-state index contributed by atoms with van der Waals surface area (Å²) in [4.78, 5) is 10.7. The Morgan fingerprint density at radius 3 is 2.62 bits per heavy atom. The van der Waals surface area contributed by atoms with Gasteiger partial charge in [-0.05, 0) is 29.8 Å². The summed E-state index contributed by atoms with van der Waals surface area (Å²) in [6.07, 6.45) is 1.67. The SMILES string of the molecule is CN(C)/C=N/C(=NCc1cccc(Cl)c1)S/C=C(\O)c1ccc(Br)cc1. The Kier molecular flexibility index (Phi) is 8.22. The number of hydrogen-bond donors (Lipinski definition) is 1. The number of nitrogens with zero attached hydrogens (tertiary/aromatic N) is 3. The summed E-state index contributed by atoms with van der Waals surface area (Å²) in [5, 5.41) is 13.1. The van der Waals surface area contributed by atoms with Crippen molar-refractivity contribution >= 4 is 56.6 Å². The smallest absolute Gasteiger partial charge is 0.189 e. The van der Waals surface area contributed by atoms with Crippen molar-refractivity contribution in [3.63, 3.8) is 0 Å². The van der Waals surface area contributed by atoms with Gasteiger partial charge in [-0.2, -0.15) is 0 Å². The number of halogens is 2. The predicted octanol–water partition coefficient (Wildman–Crippen LogP) is 5.84. The lowest BCUT2D eigenvalue weighted by Gasteiger charge is -2.05. The van der Waals surface area contributed by atoms with E-state index in [1.807, 2.05) is 67.5 Å². The summed E-state index contributed by atoms with van der Waals surface area (Å²) in [6.45, 7) is 0.459. The quantitative estimate of drug-likeness (QED) is 0.352. The average Bonchev–Trinajstić information content (AvgIpc) is 2.61. The molecule has 4 nitrogen and oxygen atoms in total. The van der Waals surface area contributed by atoms with Gasteiger partial charge < -0.3 is 10.0 Å². The number of amidine groups is 1. The zero-order chi connectivity index (χ0) is 18.9. The van der Waals surface area contributed by atoms with Crippen LogP contribution in [0.1, 0.15) is 11.1 Å². The van der Waals surface area contributed by atoms with Crippen LogP contribution in [-0.2, 0) is 6.54 Å². The van der Waals surface area contributed by atoms with Crippen LogP contribution in [0.2, 0.25) is 5.02 Å². The summed E-state index contributed by atoms with van der Waals surface area (Å²) < 4.78 is 0.959. The molecular weight excluding hydrogens is 434 g/mol. The third-order valence-corrected chi connectivity index (χ3v) is 4.65. The molecule has 0 unspecified atom stereocenters. The van der Waals surface area contributed by atoms with Crippen molar-refractivity contribution in [3.8, 4) is 0 Å². The maximum Gasteiger partial charge on any atom is 0.189 e. The molecule has 0 saturated heterocycles. The zero-order valence-corrected chi connectivity index (χ0v) is 17.6. The minimum Gasteiger partial charge on any atom is -0.507 e. The third kappa shape index (κ3) is 7.23. The number of thioether (sulfide) groups is 1. The topological polar surface area (TPSA) is 48.2 Å². The lowest BCUT2D eigenvalue weighted by molar-refractivity contribution is 0.513. The first-order valence-electron chi connectivity index (χ1n) is 7.75. The third-order valence-electron chi connectivity index (χ3n) is 3.10. The number of aliphatic hydroxyl groups excluding tert-OH is 1. The van der Waals surface area contributed by atoms with Crippen molar-refractivity contribution in [1.82, 2.24) is 4.90 Å². The van der Waals surface area contributed by atoms with Crippen molar-refractivity contribution < 1.29 is 5.11 Å². The number of benzene rings is 2. The summed E-state index contributed by atoms with van der Waals surface area (Å²) >= 11 is 10.7. The van der Waals surface area contributed by atoms with Gasteiger partial charge in [0.15, 0.2) is 5.17 Å². The Balaban J connectivity index is 2.14. The Morgan fingerprint density at radius 1 is 1.23 bits per heavy atom.